The molecule has 1 atom stereocenters. The fraction of sp³-hybridized carbons (Fsp3) is 0.400. The van der Waals surface area contributed by atoms with Gasteiger partial charge < -0.3 is 14.2 Å². The number of hydrogen-bond donors (Lipinski definition) is 0. The summed E-state index contributed by atoms with van der Waals surface area (Å²) in [5.41, 5.74) is 0.0286. The molecule has 3 rings (SSSR count). The summed E-state index contributed by atoms with van der Waals surface area (Å²) in [6.07, 6.45) is -4.54. The zero-order chi connectivity index (χ0) is 18.2. The first-order valence-electron chi connectivity index (χ1n) is 7.37. The molecule has 1 saturated heterocycles. The van der Waals surface area contributed by atoms with Crippen molar-refractivity contribution < 1.29 is 31.6 Å². The molecule has 0 radical (unpaired) electrons. The minimum atomic E-state index is -4.77. The van der Waals surface area contributed by atoms with E-state index in [0.717, 1.165) is 6.07 Å². The van der Waals surface area contributed by atoms with Crippen LogP contribution >= 0.6 is 0 Å². The molecule has 0 bridgehead atoms. The second-order valence-corrected chi connectivity index (χ2v) is 5.56. The van der Waals surface area contributed by atoms with Crippen LogP contribution < -0.4 is 4.74 Å². The van der Waals surface area contributed by atoms with E-state index in [9.17, 15) is 22.4 Å². The lowest BCUT2D eigenvalue weighted by Gasteiger charge is -2.16. The van der Waals surface area contributed by atoms with Gasteiger partial charge >= 0.3 is 12.1 Å². The molecule has 0 spiro atoms. The molecule has 0 aliphatic carbocycles. The van der Waals surface area contributed by atoms with Gasteiger partial charge in [-0.15, -0.1) is 0 Å². The molecule has 6 nitrogen and oxygen atoms in total. The number of amides is 1. The third kappa shape index (κ3) is 3.72. The van der Waals surface area contributed by atoms with E-state index in [4.69, 9.17) is 4.74 Å². The summed E-state index contributed by atoms with van der Waals surface area (Å²) in [7, 11) is 0. The maximum atomic E-state index is 14.2. The number of aromatic nitrogens is 2. The summed E-state index contributed by atoms with van der Waals surface area (Å²) < 4.78 is 61.2. The number of carbonyl (C=O) groups excluding carboxylic acids is 1. The van der Waals surface area contributed by atoms with Crippen molar-refractivity contribution in [3.8, 4) is 17.1 Å². The first kappa shape index (κ1) is 17.2. The van der Waals surface area contributed by atoms with E-state index in [1.165, 1.54) is 19.1 Å². The van der Waals surface area contributed by atoms with Gasteiger partial charge in [-0.2, -0.15) is 18.2 Å². The average Bonchev–Trinajstić information content (AvgIpc) is 3.18. The SMILES string of the molecule is CC(=O)N1CCC(Oc2ccc(-c3noc(C(F)(F)F)n3)cc2F)C1. The molecule has 134 valence electrons. The van der Waals surface area contributed by atoms with E-state index >= 15 is 0 Å². The fourth-order valence-electron chi connectivity index (χ4n) is 2.48. The molecule has 2 aromatic rings. The molecule has 0 saturated carbocycles. The van der Waals surface area contributed by atoms with Crippen molar-refractivity contribution in [3.05, 3.63) is 29.9 Å². The summed E-state index contributed by atoms with van der Waals surface area (Å²) in [6, 6.07) is 3.59. The normalized spacial score (nSPS) is 17.8. The number of ether oxygens (including phenoxy) is 1. The number of benzene rings is 1. The minimum absolute atomic E-state index is 0.0286. The van der Waals surface area contributed by atoms with Crippen LogP contribution in [-0.4, -0.2) is 40.1 Å². The zero-order valence-corrected chi connectivity index (χ0v) is 13.0. The maximum absolute atomic E-state index is 14.2. The van der Waals surface area contributed by atoms with Gasteiger partial charge in [0.1, 0.15) is 6.10 Å². The van der Waals surface area contributed by atoms with Crippen LogP contribution in [0.25, 0.3) is 11.4 Å². The Morgan fingerprint density at radius 3 is 2.72 bits per heavy atom. The monoisotopic (exact) mass is 359 g/mol. The Kier molecular flexibility index (Phi) is 4.36. The molecular weight excluding hydrogens is 346 g/mol. The van der Waals surface area contributed by atoms with Gasteiger partial charge in [-0.25, -0.2) is 4.39 Å². The minimum Gasteiger partial charge on any atom is -0.485 e. The van der Waals surface area contributed by atoms with Crippen molar-refractivity contribution in [2.24, 2.45) is 0 Å². The van der Waals surface area contributed by atoms with E-state index in [1.54, 1.807) is 4.90 Å². The van der Waals surface area contributed by atoms with Crippen LogP contribution in [0.5, 0.6) is 5.75 Å². The smallest absolute Gasteiger partial charge is 0.471 e. The van der Waals surface area contributed by atoms with Crippen molar-refractivity contribution >= 4 is 5.91 Å². The average molecular weight is 359 g/mol. The van der Waals surface area contributed by atoms with E-state index in [0.29, 0.717) is 19.5 Å². The van der Waals surface area contributed by atoms with Crippen molar-refractivity contribution in [1.82, 2.24) is 15.0 Å². The highest BCUT2D eigenvalue weighted by Crippen LogP contribution is 2.31. The Bertz CT molecular complexity index is 791. The molecule has 1 aromatic heterocycles. The van der Waals surface area contributed by atoms with Crippen LogP contribution in [-0.2, 0) is 11.0 Å². The van der Waals surface area contributed by atoms with Gasteiger partial charge in [0.25, 0.3) is 0 Å². The van der Waals surface area contributed by atoms with Gasteiger partial charge in [-0.05, 0) is 18.2 Å². The number of halogens is 4. The standard InChI is InChI=1S/C15H13F4N3O3/c1-8(23)22-5-4-10(7-22)24-12-3-2-9(6-11(12)16)13-20-14(25-21-13)15(17,18)19/h2-3,6,10H,4-5,7H2,1H3. The Morgan fingerprint density at radius 2 is 2.16 bits per heavy atom. The highest BCUT2D eigenvalue weighted by atomic mass is 19.4. The van der Waals surface area contributed by atoms with Crippen LogP contribution in [0.3, 0.4) is 0 Å². The molecular formula is C15H13F4N3O3. The Labute approximate surface area is 139 Å². The van der Waals surface area contributed by atoms with Crippen LogP contribution in [0.4, 0.5) is 17.6 Å². The van der Waals surface area contributed by atoms with Crippen molar-refractivity contribution in [1.29, 1.82) is 0 Å². The van der Waals surface area contributed by atoms with E-state index in [-0.39, 0.29) is 29.1 Å². The van der Waals surface area contributed by atoms with Gasteiger partial charge in [0.05, 0.1) is 6.54 Å². The Hall–Kier alpha value is -2.65. The topological polar surface area (TPSA) is 68.5 Å². The van der Waals surface area contributed by atoms with Crippen LogP contribution in [0, 0.1) is 5.82 Å². The van der Waals surface area contributed by atoms with E-state index in [2.05, 4.69) is 14.7 Å². The van der Waals surface area contributed by atoms with Crippen LogP contribution in [0.1, 0.15) is 19.2 Å². The highest BCUT2D eigenvalue weighted by molar-refractivity contribution is 5.73. The van der Waals surface area contributed by atoms with E-state index < -0.39 is 17.9 Å². The number of hydrogen-bond acceptors (Lipinski definition) is 5. The summed E-state index contributed by atoms with van der Waals surface area (Å²) in [6.45, 7) is 2.33. The zero-order valence-electron chi connectivity index (χ0n) is 13.0. The van der Waals surface area contributed by atoms with Gasteiger partial charge in [0, 0.05) is 25.5 Å². The lowest BCUT2D eigenvalue weighted by atomic mass is 10.2. The van der Waals surface area contributed by atoms with Crippen LogP contribution in [0.15, 0.2) is 22.7 Å². The number of likely N-dealkylation sites (tertiary alicyclic amines) is 1. The first-order chi connectivity index (χ1) is 11.7. The number of alkyl halides is 3. The third-order valence-electron chi connectivity index (χ3n) is 3.74. The largest absolute Gasteiger partial charge is 0.485 e. The maximum Gasteiger partial charge on any atom is 0.471 e. The second-order valence-electron chi connectivity index (χ2n) is 5.56. The highest BCUT2D eigenvalue weighted by Gasteiger charge is 2.38. The van der Waals surface area contributed by atoms with Crippen molar-refractivity contribution in [3.63, 3.8) is 0 Å². The quantitative estimate of drug-likeness (QED) is 0.789. The summed E-state index contributed by atoms with van der Waals surface area (Å²) in [5, 5.41) is 3.20. The predicted molar refractivity (Wildman–Crippen MR) is 76.0 cm³/mol. The van der Waals surface area contributed by atoms with Crippen molar-refractivity contribution in [2.75, 3.05) is 13.1 Å². The number of rotatable bonds is 3. The van der Waals surface area contributed by atoms with Gasteiger partial charge in [-0.3, -0.25) is 4.79 Å². The number of nitrogens with zero attached hydrogens (tertiary/aromatic N) is 3. The molecule has 1 aliphatic heterocycles. The molecule has 2 heterocycles. The fourth-order valence-corrected chi connectivity index (χ4v) is 2.48. The number of carbonyl (C=O) groups is 1. The molecule has 1 unspecified atom stereocenters. The Balaban J connectivity index is 1.73. The van der Waals surface area contributed by atoms with Gasteiger partial charge in [0.2, 0.25) is 11.7 Å². The van der Waals surface area contributed by atoms with Gasteiger partial charge in [0.15, 0.2) is 11.6 Å². The second kappa shape index (κ2) is 6.34. The molecule has 1 fully saturated rings. The molecule has 1 aliphatic rings. The van der Waals surface area contributed by atoms with Gasteiger partial charge in [-0.1, -0.05) is 5.16 Å². The first-order valence-corrected chi connectivity index (χ1v) is 7.37. The summed E-state index contributed by atoms with van der Waals surface area (Å²) >= 11 is 0. The molecule has 25 heavy (non-hydrogen) atoms. The van der Waals surface area contributed by atoms with Crippen LogP contribution in [0.2, 0.25) is 0 Å². The Morgan fingerprint density at radius 1 is 1.40 bits per heavy atom. The lowest BCUT2D eigenvalue weighted by molar-refractivity contribution is -0.159. The summed E-state index contributed by atoms with van der Waals surface area (Å²) in [5.74, 6) is -2.78. The molecule has 1 aromatic carbocycles. The molecule has 10 heteroatoms. The van der Waals surface area contributed by atoms with Crippen molar-refractivity contribution in [2.45, 2.75) is 25.6 Å². The lowest BCUT2D eigenvalue weighted by Crippen LogP contribution is -2.28. The molecule has 0 N–H and O–H groups in total. The van der Waals surface area contributed by atoms with E-state index in [1.807, 2.05) is 0 Å². The predicted octanol–water partition coefficient (Wildman–Crippen LogP) is 2.89. The summed E-state index contributed by atoms with van der Waals surface area (Å²) in [4.78, 5) is 16.1. The third-order valence-corrected chi connectivity index (χ3v) is 3.74. The molecule has 1 amide bonds.